The van der Waals surface area contributed by atoms with E-state index in [0.717, 1.165) is 10.5 Å². The second-order valence-corrected chi connectivity index (χ2v) is 8.89. The standard InChI is InChI=1S/C25H24N2O5S/c1-3-20(33-15-21(28)32-2)26-19(14-13-16-9-5-4-6-10-16)22(25(26)31)27-23(29)17-11-7-8-12-18(17)24(27)30/h4-14,19-20,22H,3,15H2,1-2H3/t19-,20+,22+/m1/s1. The summed E-state index contributed by atoms with van der Waals surface area (Å²) < 4.78 is 4.73. The first-order chi connectivity index (χ1) is 16.0. The number of likely N-dealkylation sites (tertiary alicyclic amines) is 1. The average Bonchev–Trinajstić information content (AvgIpc) is 3.09. The Kier molecular flexibility index (Phi) is 6.65. The van der Waals surface area contributed by atoms with Gasteiger partial charge in [-0.25, -0.2) is 0 Å². The number of methoxy groups -OCH3 is 1. The van der Waals surface area contributed by atoms with E-state index in [1.54, 1.807) is 29.2 Å². The number of imide groups is 1. The van der Waals surface area contributed by atoms with Gasteiger partial charge in [-0.2, -0.15) is 0 Å². The second-order valence-electron chi connectivity index (χ2n) is 7.73. The molecule has 0 radical (unpaired) electrons. The summed E-state index contributed by atoms with van der Waals surface area (Å²) in [6.45, 7) is 1.93. The van der Waals surface area contributed by atoms with E-state index in [9.17, 15) is 19.2 Å². The number of nitrogens with zero attached hydrogens (tertiary/aromatic N) is 2. The normalized spacial score (nSPS) is 20.7. The van der Waals surface area contributed by atoms with Crippen LogP contribution in [0, 0.1) is 0 Å². The zero-order valence-corrected chi connectivity index (χ0v) is 19.2. The van der Waals surface area contributed by atoms with Crippen LogP contribution in [0.15, 0.2) is 60.7 Å². The molecule has 0 unspecified atom stereocenters. The fourth-order valence-corrected chi connectivity index (χ4v) is 5.25. The minimum atomic E-state index is -0.926. The van der Waals surface area contributed by atoms with Crippen LogP contribution in [-0.2, 0) is 14.3 Å². The highest BCUT2D eigenvalue weighted by atomic mass is 32.2. The SMILES string of the molecule is CC[C@H](SCC(=O)OC)N1C(=O)[C@@H](N2C(=O)c3ccccc3C2=O)[C@H]1C=Cc1ccccc1. The Morgan fingerprint density at radius 2 is 1.64 bits per heavy atom. The lowest BCUT2D eigenvalue weighted by atomic mass is 9.91. The second kappa shape index (κ2) is 9.62. The molecule has 4 rings (SSSR count). The van der Waals surface area contributed by atoms with E-state index in [-0.39, 0.29) is 23.0 Å². The number of hydrogen-bond donors (Lipinski definition) is 0. The third kappa shape index (κ3) is 4.18. The molecule has 2 aliphatic rings. The van der Waals surface area contributed by atoms with Crippen LogP contribution in [0.1, 0.15) is 39.6 Å². The zero-order valence-electron chi connectivity index (χ0n) is 18.3. The van der Waals surface area contributed by atoms with Gasteiger partial charge in [0.15, 0.2) is 0 Å². The molecule has 2 aliphatic heterocycles. The van der Waals surface area contributed by atoms with Gasteiger partial charge in [0.05, 0.1) is 35.4 Å². The maximum Gasteiger partial charge on any atom is 0.315 e. The minimum Gasteiger partial charge on any atom is -0.468 e. The van der Waals surface area contributed by atoms with Crippen LogP contribution in [0.3, 0.4) is 0 Å². The summed E-state index contributed by atoms with van der Waals surface area (Å²) in [6, 6.07) is 14.8. The van der Waals surface area contributed by atoms with E-state index in [1.807, 2.05) is 49.4 Å². The van der Waals surface area contributed by atoms with Crippen molar-refractivity contribution in [3.63, 3.8) is 0 Å². The molecule has 0 aromatic heterocycles. The highest BCUT2D eigenvalue weighted by Gasteiger charge is 2.56. The van der Waals surface area contributed by atoms with Gasteiger partial charge in [-0.3, -0.25) is 24.1 Å². The Labute approximate surface area is 196 Å². The van der Waals surface area contributed by atoms with Crippen LogP contribution in [0.5, 0.6) is 0 Å². The molecule has 1 saturated heterocycles. The lowest BCUT2D eigenvalue weighted by Crippen LogP contribution is -2.72. The van der Waals surface area contributed by atoms with Crippen molar-refractivity contribution >= 4 is 41.5 Å². The molecule has 0 bridgehead atoms. The van der Waals surface area contributed by atoms with Crippen molar-refractivity contribution in [2.45, 2.75) is 30.8 Å². The van der Waals surface area contributed by atoms with E-state index in [2.05, 4.69) is 0 Å². The largest absolute Gasteiger partial charge is 0.468 e. The summed E-state index contributed by atoms with van der Waals surface area (Å²) in [4.78, 5) is 53.8. The first-order valence-electron chi connectivity index (χ1n) is 10.7. The van der Waals surface area contributed by atoms with Gasteiger partial charge in [0.25, 0.3) is 11.8 Å². The van der Waals surface area contributed by atoms with Gasteiger partial charge in [0, 0.05) is 0 Å². The molecule has 0 N–H and O–H groups in total. The number of carbonyl (C=O) groups is 4. The molecule has 0 spiro atoms. The zero-order chi connectivity index (χ0) is 23.5. The molecule has 8 heteroatoms. The molecule has 2 heterocycles. The van der Waals surface area contributed by atoms with Crippen LogP contribution in [-0.4, -0.2) is 63.8 Å². The summed E-state index contributed by atoms with van der Waals surface area (Å²) in [5, 5.41) is -0.298. The maximum absolute atomic E-state index is 13.3. The van der Waals surface area contributed by atoms with Gasteiger partial charge in [0.2, 0.25) is 5.91 Å². The lowest BCUT2D eigenvalue weighted by molar-refractivity contribution is -0.153. The Morgan fingerprint density at radius 1 is 1.03 bits per heavy atom. The lowest BCUT2D eigenvalue weighted by Gasteiger charge is -2.51. The monoisotopic (exact) mass is 464 g/mol. The van der Waals surface area contributed by atoms with Gasteiger partial charge in [-0.05, 0) is 24.1 Å². The number of carbonyl (C=O) groups excluding carboxylic acids is 4. The van der Waals surface area contributed by atoms with Crippen LogP contribution in [0.4, 0.5) is 0 Å². The summed E-state index contributed by atoms with van der Waals surface area (Å²) >= 11 is 1.31. The van der Waals surface area contributed by atoms with Gasteiger partial charge < -0.3 is 9.64 Å². The van der Waals surface area contributed by atoms with E-state index < -0.39 is 23.9 Å². The quantitative estimate of drug-likeness (QED) is 0.339. The van der Waals surface area contributed by atoms with Crippen molar-refractivity contribution in [2.24, 2.45) is 0 Å². The van der Waals surface area contributed by atoms with E-state index in [0.29, 0.717) is 17.5 Å². The summed E-state index contributed by atoms with van der Waals surface area (Å²) in [5.41, 5.74) is 1.56. The fraction of sp³-hybridized carbons (Fsp3) is 0.280. The molecular weight excluding hydrogens is 440 g/mol. The predicted molar refractivity (Wildman–Crippen MR) is 125 cm³/mol. The average molecular weight is 465 g/mol. The Hall–Kier alpha value is -3.39. The van der Waals surface area contributed by atoms with Crippen LogP contribution < -0.4 is 0 Å². The third-order valence-electron chi connectivity index (χ3n) is 5.82. The van der Waals surface area contributed by atoms with Crippen molar-refractivity contribution in [1.29, 1.82) is 0 Å². The summed E-state index contributed by atoms with van der Waals surface area (Å²) in [5.74, 6) is -1.49. The fourth-order valence-electron chi connectivity index (χ4n) is 4.16. The molecule has 33 heavy (non-hydrogen) atoms. The molecule has 3 atom stereocenters. The van der Waals surface area contributed by atoms with Crippen LogP contribution in [0.2, 0.25) is 0 Å². The maximum atomic E-state index is 13.3. The number of thioether (sulfide) groups is 1. The molecule has 0 aliphatic carbocycles. The van der Waals surface area contributed by atoms with Gasteiger partial charge >= 0.3 is 5.97 Å². The van der Waals surface area contributed by atoms with Crippen molar-refractivity contribution in [2.75, 3.05) is 12.9 Å². The smallest absolute Gasteiger partial charge is 0.315 e. The number of esters is 1. The number of amides is 3. The first-order valence-corrected chi connectivity index (χ1v) is 11.7. The molecule has 1 fully saturated rings. The van der Waals surface area contributed by atoms with E-state index in [4.69, 9.17) is 4.74 Å². The Bertz CT molecular complexity index is 1080. The molecule has 170 valence electrons. The molecule has 0 saturated carbocycles. The number of ether oxygens (including phenoxy) is 1. The van der Waals surface area contributed by atoms with Crippen LogP contribution >= 0.6 is 11.8 Å². The van der Waals surface area contributed by atoms with Crippen molar-refractivity contribution in [3.8, 4) is 0 Å². The number of hydrogen-bond acceptors (Lipinski definition) is 6. The first kappa shape index (κ1) is 22.8. The van der Waals surface area contributed by atoms with E-state index >= 15 is 0 Å². The topological polar surface area (TPSA) is 84.0 Å². The van der Waals surface area contributed by atoms with Crippen LogP contribution in [0.25, 0.3) is 6.08 Å². The molecule has 2 aromatic carbocycles. The number of β-lactam (4-membered cyclic amide) rings is 1. The Balaban J connectivity index is 1.64. The molecular formula is C25H24N2O5S. The Morgan fingerprint density at radius 3 is 2.21 bits per heavy atom. The molecule has 3 amide bonds. The van der Waals surface area contributed by atoms with Gasteiger partial charge in [0.1, 0.15) is 6.04 Å². The van der Waals surface area contributed by atoms with Crippen molar-refractivity contribution < 1.29 is 23.9 Å². The number of rotatable bonds is 8. The highest BCUT2D eigenvalue weighted by Crippen LogP contribution is 2.38. The molecule has 2 aromatic rings. The minimum absolute atomic E-state index is 0.103. The summed E-state index contributed by atoms with van der Waals surface area (Å²) in [6.07, 6.45) is 4.33. The predicted octanol–water partition coefficient (Wildman–Crippen LogP) is 3.22. The number of fused-ring (bicyclic) bond motifs is 1. The summed E-state index contributed by atoms with van der Waals surface area (Å²) in [7, 11) is 1.32. The third-order valence-corrected chi connectivity index (χ3v) is 7.17. The highest BCUT2D eigenvalue weighted by molar-refractivity contribution is 8.00. The molecule has 7 nitrogen and oxygen atoms in total. The number of benzene rings is 2. The van der Waals surface area contributed by atoms with Gasteiger partial charge in [-0.15, -0.1) is 11.8 Å². The van der Waals surface area contributed by atoms with Gasteiger partial charge in [-0.1, -0.05) is 61.5 Å². The van der Waals surface area contributed by atoms with Crippen molar-refractivity contribution in [1.82, 2.24) is 9.80 Å². The van der Waals surface area contributed by atoms with Crippen molar-refractivity contribution in [3.05, 3.63) is 77.4 Å². The van der Waals surface area contributed by atoms with E-state index in [1.165, 1.54) is 18.9 Å².